The molecular weight excluding hydrogens is 198 g/mol. The first kappa shape index (κ1) is 9.70. The van der Waals surface area contributed by atoms with Gasteiger partial charge in [-0.2, -0.15) is 5.10 Å². The van der Waals surface area contributed by atoms with Crippen LogP contribution in [0.4, 0.5) is 5.82 Å². The molecule has 0 saturated heterocycles. The molecule has 0 spiro atoms. The number of anilines is 1. The van der Waals surface area contributed by atoms with Crippen LogP contribution in [0.15, 0.2) is 6.07 Å². The summed E-state index contributed by atoms with van der Waals surface area (Å²) in [5, 5.41) is 8.24. The van der Waals surface area contributed by atoms with Gasteiger partial charge >= 0.3 is 0 Å². The quantitative estimate of drug-likeness (QED) is 0.710. The summed E-state index contributed by atoms with van der Waals surface area (Å²) in [7, 11) is 0. The van der Waals surface area contributed by atoms with E-state index in [0.717, 1.165) is 10.9 Å². The highest BCUT2D eigenvalue weighted by atomic mass is 15.1. The van der Waals surface area contributed by atoms with Gasteiger partial charge in [-0.05, 0) is 54.9 Å². The van der Waals surface area contributed by atoms with Crippen molar-refractivity contribution in [2.24, 2.45) is 0 Å². The average molecular weight is 215 g/mol. The number of aryl methyl sites for hydroxylation is 2. The highest BCUT2D eigenvalue weighted by molar-refractivity contribution is 5.93. The van der Waals surface area contributed by atoms with E-state index >= 15 is 0 Å². The van der Waals surface area contributed by atoms with Gasteiger partial charge in [-0.25, -0.2) is 0 Å². The molecule has 1 aliphatic rings. The third-order valence-electron chi connectivity index (χ3n) is 3.84. The van der Waals surface area contributed by atoms with Gasteiger partial charge in [-0.15, -0.1) is 0 Å². The Morgan fingerprint density at radius 1 is 1.50 bits per heavy atom. The molecule has 3 heteroatoms. The standard InChI is InChI=1S/C13H17N3/c1-7-4-3-5-9-6-10-12(8(2)11(7)9)13(14)16-15-10/h6-7H,3-5H2,1-2H3,(H3,14,15,16). The summed E-state index contributed by atoms with van der Waals surface area (Å²) >= 11 is 0. The second-order valence-electron chi connectivity index (χ2n) is 4.90. The highest BCUT2D eigenvalue weighted by Crippen LogP contribution is 2.38. The minimum atomic E-state index is 0.632. The molecule has 1 aliphatic carbocycles. The molecule has 1 aromatic heterocycles. The van der Waals surface area contributed by atoms with E-state index in [4.69, 9.17) is 5.73 Å². The minimum Gasteiger partial charge on any atom is -0.382 e. The molecule has 0 fully saturated rings. The van der Waals surface area contributed by atoms with Gasteiger partial charge in [0.25, 0.3) is 0 Å². The molecule has 1 atom stereocenters. The highest BCUT2D eigenvalue weighted by Gasteiger charge is 2.21. The lowest BCUT2D eigenvalue weighted by atomic mass is 9.80. The van der Waals surface area contributed by atoms with Crippen molar-refractivity contribution in [1.29, 1.82) is 0 Å². The molecule has 84 valence electrons. The van der Waals surface area contributed by atoms with E-state index in [1.54, 1.807) is 0 Å². The molecule has 1 unspecified atom stereocenters. The van der Waals surface area contributed by atoms with Crippen molar-refractivity contribution in [3.63, 3.8) is 0 Å². The summed E-state index contributed by atoms with van der Waals surface area (Å²) < 4.78 is 0. The normalized spacial score (nSPS) is 20.0. The van der Waals surface area contributed by atoms with Gasteiger partial charge in [-0.3, -0.25) is 5.10 Å². The molecule has 1 heterocycles. The zero-order valence-electron chi connectivity index (χ0n) is 9.80. The minimum absolute atomic E-state index is 0.632. The average Bonchev–Trinajstić information content (AvgIpc) is 2.60. The molecule has 3 rings (SSSR count). The van der Waals surface area contributed by atoms with E-state index in [9.17, 15) is 0 Å². The van der Waals surface area contributed by atoms with Gasteiger partial charge < -0.3 is 5.73 Å². The molecule has 16 heavy (non-hydrogen) atoms. The topological polar surface area (TPSA) is 54.7 Å². The molecule has 1 aromatic carbocycles. The van der Waals surface area contributed by atoms with Crippen molar-refractivity contribution in [3.05, 3.63) is 22.8 Å². The van der Waals surface area contributed by atoms with Crippen LogP contribution in [0, 0.1) is 6.92 Å². The van der Waals surface area contributed by atoms with Gasteiger partial charge in [0.05, 0.1) is 5.52 Å². The molecule has 2 aromatic rings. The first-order valence-corrected chi connectivity index (χ1v) is 5.94. The smallest absolute Gasteiger partial charge is 0.153 e. The summed E-state index contributed by atoms with van der Waals surface area (Å²) in [5.41, 5.74) is 11.3. The Morgan fingerprint density at radius 3 is 3.12 bits per heavy atom. The number of hydrogen-bond donors (Lipinski definition) is 2. The van der Waals surface area contributed by atoms with Crippen molar-refractivity contribution in [3.8, 4) is 0 Å². The Labute approximate surface area is 95.0 Å². The number of nitrogens with zero attached hydrogens (tertiary/aromatic N) is 1. The summed E-state index contributed by atoms with van der Waals surface area (Å²) in [5.74, 6) is 1.29. The van der Waals surface area contributed by atoms with Crippen molar-refractivity contribution in [2.75, 3.05) is 5.73 Å². The number of nitrogen functional groups attached to an aromatic ring is 1. The van der Waals surface area contributed by atoms with Crippen LogP contribution >= 0.6 is 0 Å². The van der Waals surface area contributed by atoms with Crippen molar-refractivity contribution in [1.82, 2.24) is 10.2 Å². The monoisotopic (exact) mass is 215 g/mol. The van der Waals surface area contributed by atoms with Crippen LogP contribution in [0.3, 0.4) is 0 Å². The molecule has 0 saturated carbocycles. The SMILES string of the molecule is Cc1c2c(cc3[nH]nc(N)c13)CCCC2C. The lowest BCUT2D eigenvalue weighted by Gasteiger charge is -2.24. The van der Waals surface area contributed by atoms with E-state index in [0.29, 0.717) is 11.7 Å². The maximum Gasteiger partial charge on any atom is 0.153 e. The number of aromatic nitrogens is 2. The van der Waals surface area contributed by atoms with Crippen molar-refractivity contribution >= 4 is 16.7 Å². The Hall–Kier alpha value is -1.51. The largest absolute Gasteiger partial charge is 0.382 e. The van der Waals surface area contributed by atoms with E-state index in [-0.39, 0.29) is 0 Å². The van der Waals surface area contributed by atoms with Crippen LogP contribution in [0.1, 0.15) is 42.4 Å². The third-order valence-corrected chi connectivity index (χ3v) is 3.84. The van der Waals surface area contributed by atoms with Crippen LogP contribution in [0.5, 0.6) is 0 Å². The molecule has 0 amide bonds. The Bertz CT molecular complexity index is 554. The van der Waals surface area contributed by atoms with Crippen molar-refractivity contribution < 1.29 is 0 Å². The lowest BCUT2D eigenvalue weighted by molar-refractivity contribution is 0.588. The zero-order chi connectivity index (χ0) is 11.3. The molecular formula is C13H17N3. The number of benzene rings is 1. The fourth-order valence-corrected chi connectivity index (χ4v) is 3.13. The maximum absolute atomic E-state index is 5.91. The number of H-pyrrole nitrogens is 1. The second-order valence-corrected chi connectivity index (χ2v) is 4.90. The number of rotatable bonds is 0. The van der Waals surface area contributed by atoms with Gasteiger partial charge in [0.1, 0.15) is 0 Å². The third kappa shape index (κ3) is 1.17. The van der Waals surface area contributed by atoms with E-state index in [1.165, 1.54) is 36.0 Å². The molecule has 0 bridgehead atoms. The van der Waals surface area contributed by atoms with E-state index in [2.05, 4.69) is 30.1 Å². The van der Waals surface area contributed by atoms with Gasteiger partial charge in [0.15, 0.2) is 5.82 Å². The second kappa shape index (κ2) is 3.24. The number of nitrogens with one attached hydrogen (secondary N) is 1. The van der Waals surface area contributed by atoms with E-state index < -0.39 is 0 Å². The first-order chi connectivity index (χ1) is 7.68. The Morgan fingerprint density at radius 2 is 2.31 bits per heavy atom. The van der Waals surface area contributed by atoms with Gasteiger partial charge in [0, 0.05) is 5.39 Å². The fraction of sp³-hybridized carbons (Fsp3) is 0.462. The van der Waals surface area contributed by atoms with Crippen LogP contribution in [0.25, 0.3) is 10.9 Å². The summed E-state index contributed by atoms with van der Waals surface area (Å²) in [4.78, 5) is 0. The summed E-state index contributed by atoms with van der Waals surface area (Å²) in [6, 6.07) is 2.23. The van der Waals surface area contributed by atoms with Crippen LogP contribution in [0.2, 0.25) is 0 Å². The Kier molecular flexibility index (Phi) is 1.96. The molecule has 3 N–H and O–H groups in total. The molecule has 0 aliphatic heterocycles. The fourth-order valence-electron chi connectivity index (χ4n) is 3.13. The summed E-state index contributed by atoms with van der Waals surface area (Å²) in [6.07, 6.45) is 3.77. The number of hydrogen-bond acceptors (Lipinski definition) is 2. The van der Waals surface area contributed by atoms with Crippen LogP contribution < -0.4 is 5.73 Å². The van der Waals surface area contributed by atoms with Crippen LogP contribution in [-0.2, 0) is 6.42 Å². The van der Waals surface area contributed by atoms with Crippen LogP contribution in [-0.4, -0.2) is 10.2 Å². The van der Waals surface area contributed by atoms with Crippen molar-refractivity contribution in [2.45, 2.75) is 39.0 Å². The maximum atomic E-state index is 5.91. The van der Waals surface area contributed by atoms with Gasteiger partial charge in [-0.1, -0.05) is 6.92 Å². The first-order valence-electron chi connectivity index (χ1n) is 5.94. The molecule has 0 radical (unpaired) electrons. The summed E-state index contributed by atoms with van der Waals surface area (Å²) in [6.45, 7) is 4.49. The number of aromatic amines is 1. The number of fused-ring (bicyclic) bond motifs is 2. The zero-order valence-corrected chi connectivity index (χ0v) is 9.80. The predicted molar refractivity (Wildman–Crippen MR) is 66.6 cm³/mol. The lowest BCUT2D eigenvalue weighted by Crippen LogP contribution is -2.09. The van der Waals surface area contributed by atoms with Gasteiger partial charge in [0.2, 0.25) is 0 Å². The Balaban J connectivity index is 2.38. The predicted octanol–water partition coefficient (Wildman–Crippen LogP) is 2.89. The number of nitrogens with two attached hydrogens (primary N) is 1. The molecule has 3 nitrogen and oxygen atoms in total. The van der Waals surface area contributed by atoms with E-state index in [1.807, 2.05) is 0 Å².